The first-order valence-corrected chi connectivity index (χ1v) is 5.83. The molecule has 0 aliphatic carbocycles. The molecule has 2 rings (SSSR count). The van der Waals surface area contributed by atoms with E-state index in [1.54, 1.807) is 19.2 Å². The van der Waals surface area contributed by atoms with Gasteiger partial charge in [-0.15, -0.1) is 5.10 Å². The van der Waals surface area contributed by atoms with Crippen LogP contribution in [0.4, 0.5) is 0 Å². The van der Waals surface area contributed by atoms with Gasteiger partial charge in [0.1, 0.15) is 5.69 Å². The molecule has 0 atom stereocenters. The van der Waals surface area contributed by atoms with Crippen LogP contribution < -0.4 is 5.32 Å². The highest BCUT2D eigenvalue weighted by molar-refractivity contribution is 6.40. The third-order valence-electron chi connectivity index (χ3n) is 2.06. The Morgan fingerprint density at radius 3 is 2.47 bits per heavy atom. The standard InChI is InChI=1S/C9H8Cl3N5/c1-13-4-8-14-15-16-17(8)9-6(11)2-5(10)3-7(9)12/h2-3,13H,4H2,1H3. The largest absolute Gasteiger partial charge is 0.313 e. The van der Waals surface area contributed by atoms with Gasteiger partial charge in [-0.25, -0.2) is 0 Å². The van der Waals surface area contributed by atoms with E-state index in [1.807, 2.05) is 0 Å². The number of hydrogen-bond donors (Lipinski definition) is 1. The van der Waals surface area contributed by atoms with E-state index in [4.69, 9.17) is 34.8 Å². The molecular formula is C9H8Cl3N5. The summed E-state index contributed by atoms with van der Waals surface area (Å²) in [5.74, 6) is 0.610. The Morgan fingerprint density at radius 2 is 1.88 bits per heavy atom. The average Bonchev–Trinajstić information content (AvgIpc) is 2.65. The Morgan fingerprint density at radius 1 is 1.24 bits per heavy atom. The van der Waals surface area contributed by atoms with Crippen molar-refractivity contribution in [2.75, 3.05) is 7.05 Å². The SMILES string of the molecule is CNCc1nnnn1-c1c(Cl)cc(Cl)cc1Cl. The molecule has 1 N–H and O–H groups in total. The summed E-state index contributed by atoms with van der Waals surface area (Å²) in [5, 5.41) is 15.5. The monoisotopic (exact) mass is 291 g/mol. The fraction of sp³-hybridized carbons (Fsp3) is 0.222. The minimum Gasteiger partial charge on any atom is -0.313 e. The van der Waals surface area contributed by atoms with Gasteiger partial charge in [-0.1, -0.05) is 34.8 Å². The number of aromatic nitrogens is 4. The van der Waals surface area contributed by atoms with Crippen molar-refractivity contribution in [1.29, 1.82) is 0 Å². The fourth-order valence-electron chi connectivity index (χ4n) is 1.38. The Kier molecular flexibility index (Phi) is 3.83. The van der Waals surface area contributed by atoms with Crippen LogP contribution in [0.2, 0.25) is 15.1 Å². The van der Waals surface area contributed by atoms with Crippen LogP contribution >= 0.6 is 34.8 Å². The van der Waals surface area contributed by atoms with Crippen molar-refractivity contribution >= 4 is 34.8 Å². The summed E-state index contributed by atoms with van der Waals surface area (Å²) in [7, 11) is 1.80. The van der Waals surface area contributed by atoms with Gasteiger partial charge in [-0.3, -0.25) is 0 Å². The van der Waals surface area contributed by atoms with E-state index in [2.05, 4.69) is 20.8 Å². The summed E-state index contributed by atoms with van der Waals surface area (Å²) in [5.41, 5.74) is 0.521. The Hall–Kier alpha value is -0.880. The zero-order chi connectivity index (χ0) is 12.4. The van der Waals surface area contributed by atoms with Gasteiger partial charge in [-0.05, 0) is 29.6 Å². The van der Waals surface area contributed by atoms with E-state index in [-0.39, 0.29) is 0 Å². The minimum atomic E-state index is 0.396. The second-order valence-electron chi connectivity index (χ2n) is 3.26. The molecular weight excluding hydrogens is 284 g/mol. The topological polar surface area (TPSA) is 55.6 Å². The molecule has 8 heteroatoms. The van der Waals surface area contributed by atoms with Gasteiger partial charge in [0.05, 0.1) is 16.6 Å². The van der Waals surface area contributed by atoms with Gasteiger partial charge in [0, 0.05) is 5.02 Å². The fourth-order valence-corrected chi connectivity index (χ4v) is 2.36. The van der Waals surface area contributed by atoms with Gasteiger partial charge in [-0.2, -0.15) is 4.68 Å². The molecule has 5 nitrogen and oxygen atoms in total. The van der Waals surface area contributed by atoms with Gasteiger partial charge in [0.25, 0.3) is 0 Å². The third kappa shape index (κ3) is 2.52. The lowest BCUT2D eigenvalue weighted by atomic mass is 10.3. The normalized spacial score (nSPS) is 10.8. The van der Waals surface area contributed by atoms with Gasteiger partial charge >= 0.3 is 0 Å². The zero-order valence-electron chi connectivity index (χ0n) is 8.78. The molecule has 0 aliphatic rings. The van der Waals surface area contributed by atoms with Gasteiger partial charge in [0.2, 0.25) is 0 Å². The maximum absolute atomic E-state index is 6.09. The van der Waals surface area contributed by atoms with Crippen molar-refractivity contribution in [3.05, 3.63) is 33.0 Å². The second kappa shape index (κ2) is 5.18. The Bertz CT molecular complexity index is 516. The molecule has 0 fully saturated rings. The van der Waals surface area contributed by atoms with Crippen molar-refractivity contribution in [1.82, 2.24) is 25.5 Å². The molecule has 1 aromatic heterocycles. The molecule has 0 spiro atoms. The van der Waals surface area contributed by atoms with Crippen molar-refractivity contribution in [3.63, 3.8) is 0 Å². The molecule has 17 heavy (non-hydrogen) atoms. The first-order valence-electron chi connectivity index (χ1n) is 4.70. The first-order chi connectivity index (χ1) is 8.13. The van der Waals surface area contributed by atoms with Crippen molar-refractivity contribution in [2.24, 2.45) is 0 Å². The lowest BCUT2D eigenvalue weighted by Gasteiger charge is -2.08. The highest BCUT2D eigenvalue weighted by Gasteiger charge is 2.15. The summed E-state index contributed by atoms with van der Waals surface area (Å²) >= 11 is 18.0. The van der Waals surface area contributed by atoms with Crippen LogP contribution in [-0.4, -0.2) is 27.3 Å². The Labute approximate surface area is 113 Å². The van der Waals surface area contributed by atoms with Crippen molar-refractivity contribution in [2.45, 2.75) is 6.54 Å². The van der Waals surface area contributed by atoms with Crippen molar-refractivity contribution in [3.8, 4) is 5.69 Å². The third-order valence-corrected chi connectivity index (χ3v) is 2.86. The summed E-state index contributed by atoms with van der Waals surface area (Å²) in [6, 6.07) is 3.18. The smallest absolute Gasteiger partial charge is 0.170 e. The van der Waals surface area contributed by atoms with E-state index < -0.39 is 0 Å². The summed E-state index contributed by atoms with van der Waals surface area (Å²) in [6.07, 6.45) is 0. The average molecular weight is 293 g/mol. The summed E-state index contributed by atoms with van der Waals surface area (Å²) in [6.45, 7) is 0.502. The number of halogens is 3. The predicted molar refractivity (Wildman–Crippen MR) is 66.9 cm³/mol. The molecule has 0 bridgehead atoms. The number of nitrogens with zero attached hydrogens (tertiary/aromatic N) is 4. The zero-order valence-corrected chi connectivity index (χ0v) is 11.1. The summed E-state index contributed by atoms with van der Waals surface area (Å²) in [4.78, 5) is 0. The first kappa shape index (κ1) is 12.6. The number of benzene rings is 1. The van der Waals surface area contributed by atoms with E-state index in [0.29, 0.717) is 33.1 Å². The van der Waals surface area contributed by atoms with Crippen LogP contribution in [0, 0.1) is 0 Å². The van der Waals surface area contributed by atoms with Crippen LogP contribution in [0.5, 0.6) is 0 Å². The highest BCUT2D eigenvalue weighted by Crippen LogP contribution is 2.31. The van der Waals surface area contributed by atoms with Crippen LogP contribution in [0.25, 0.3) is 5.69 Å². The number of nitrogens with one attached hydrogen (secondary N) is 1. The van der Waals surface area contributed by atoms with E-state index in [0.717, 1.165) is 0 Å². The highest BCUT2D eigenvalue weighted by atomic mass is 35.5. The number of hydrogen-bond acceptors (Lipinski definition) is 4. The number of rotatable bonds is 3. The molecule has 0 amide bonds. The summed E-state index contributed by atoms with van der Waals surface area (Å²) < 4.78 is 1.48. The van der Waals surface area contributed by atoms with Crippen molar-refractivity contribution < 1.29 is 0 Å². The molecule has 1 heterocycles. The van der Waals surface area contributed by atoms with Crippen LogP contribution in [0.3, 0.4) is 0 Å². The lowest BCUT2D eigenvalue weighted by Crippen LogP contribution is -2.12. The Balaban J connectivity index is 2.56. The second-order valence-corrected chi connectivity index (χ2v) is 4.51. The van der Waals surface area contributed by atoms with Gasteiger partial charge in [0.15, 0.2) is 5.82 Å². The van der Waals surface area contributed by atoms with E-state index >= 15 is 0 Å². The maximum atomic E-state index is 6.09. The lowest BCUT2D eigenvalue weighted by molar-refractivity contribution is 0.709. The maximum Gasteiger partial charge on any atom is 0.170 e. The van der Waals surface area contributed by atoms with E-state index in [9.17, 15) is 0 Å². The minimum absolute atomic E-state index is 0.396. The quantitative estimate of drug-likeness (QED) is 0.943. The van der Waals surface area contributed by atoms with E-state index in [1.165, 1.54) is 4.68 Å². The molecule has 0 saturated heterocycles. The van der Waals surface area contributed by atoms with Crippen LogP contribution in [-0.2, 0) is 6.54 Å². The molecule has 90 valence electrons. The number of tetrazole rings is 1. The molecule has 1 aromatic carbocycles. The molecule has 2 aromatic rings. The molecule has 0 unspecified atom stereocenters. The molecule has 0 saturated carbocycles. The molecule has 0 aliphatic heterocycles. The predicted octanol–water partition coefficient (Wildman–Crippen LogP) is 2.34. The molecule has 0 radical (unpaired) electrons. The van der Waals surface area contributed by atoms with Crippen LogP contribution in [0.1, 0.15) is 5.82 Å². The van der Waals surface area contributed by atoms with Crippen LogP contribution in [0.15, 0.2) is 12.1 Å². The van der Waals surface area contributed by atoms with Gasteiger partial charge < -0.3 is 5.32 Å².